The molecule has 3 aromatic rings. The van der Waals surface area contributed by atoms with Gasteiger partial charge in [0.15, 0.2) is 0 Å². The highest BCUT2D eigenvalue weighted by molar-refractivity contribution is 5.98. The molecule has 0 radical (unpaired) electrons. The van der Waals surface area contributed by atoms with E-state index in [0.717, 1.165) is 5.75 Å². The summed E-state index contributed by atoms with van der Waals surface area (Å²) in [6.45, 7) is 2.15. The first-order valence-corrected chi connectivity index (χ1v) is 6.42. The number of methoxy groups -OCH3 is 1. The van der Waals surface area contributed by atoms with Gasteiger partial charge in [0.1, 0.15) is 5.75 Å². The number of hydrogen-bond acceptors (Lipinski definition) is 1. The minimum absolute atomic E-state index is 0.889. The molecule has 0 bridgehead atoms. The first kappa shape index (κ1) is 11.8. The molecule has 0 N–H and O–H groups in total. The summed E-state index contributed by atoms with van der Waals surface area (Å²) < 4.78 is 5.21. The summed E-state index contributed by atoms with van der Waals surface area (Å²) in [5, 5.41) is 2.61. The zero-order chi connectivity index (χ0) is 13.2. The van der Waals surface area contributed by atoms with Gasteiger partial charge in [-0.1, -0.05) is 48.5 Å². The molecule has 1 heteroatoms. The molecule has 0 unspecified atom stereocenters. The lowest BCUT2D eigenvalue weighted by molar-refractivity contribution is 0.415. The third-order valence-electron chi connectivity index (χ3n) is 3.54. The van der Waals surface area contributed by atoms with Gasteiger partial charge >= 0.3 is 0 Å². The van der Waals surface area contributed by atoms with Crippen molar-refractivity contribution in [3.8, 4) is 16.9 Å². The second kappa shape index (κ2) is 4.77. The molecule has 0 aliphatic heterocycles. The molecule has 1 nitrogen and oxygen atoms in total. The predicted octanol–water partition coefficient (Wildman–Crippen LogP) is 4.82. The van der Waals surface area contributed by atoms with Gasteiger partial charge in [-0.2, -0.15) is 0 Å². The van der Waals surface area contributed by atoms with Crippen LogP contribution >= 0.6 is 0 Å². The van der Waals surface area contributed by atoms with Crippen LogP contribution in [0.25, 0.3) is 21.9 Å². The third-order valence-corrected chi connectivity index (χ3v) is 3.54. The molecule has 3 rings (SSSR count). The second-order valence-electron chi connectivity index (χ2n) is 4.70. The summed E-state index contributed by atoms with van der Waals surface area (Å²) in [7, 11) is 1.69. The molecule has 0 atom stereocenters. The molecule has 0 amide bonds. The Kier molecular flexibility index (Phi) is 2.96. The van der Waals surface area contributed by atoms with E-state index in [-0.39, 0.29) is 0 Å². The molecule has 0 saturated carbocycles. The fourth-order valence-electron chi connectivity index (χ4n) is 2.49. The fourth-order valence-corrected chi connectivity index (χ4v) is 2.49. The third kappa shape index (κ3) is 2.08. The molecule has 19 heavy (non-hydrogen) atoms. The maximum absolute atomic E-state index is 5.21. The lowest BCUT2D eigenvalue weighted by Gasteiger charge is -2.09. The van der Waals surface area contributed by atoms with Crippen molar-refractivity contribution in [1.82, 2.24) is 0 Å². The van der Waals surface area contributed by atoms with Crippen LogP contribution in [0.2, 0.25) is 0 Å². The second-order valence-corrected chi connectivity index (χ2v) is 4.70. The van der Waals surface area contributed by atoms with Crippen LogP contribution < -0.4 is 4.74 Å². The van der Waals surface area contributed by atoms with Crippen LogP contribution in [0.3, 0.4) is 0 Å². The molecule has 0 heterocycles. The quantitative estimate of drug-likeness (QED) is 0.631. The van der Waals surface area contributed by atoms with Crippen LogP contribution in [-0.2, 0) is 0 Å². The van der Waals surface area contributed by atoms with E-state index in [4.69, 9.17) is 4.74 Å². The van der Waals surface area contributed by atoms with Crippen LogP contribution in [-0.4, -0.2) is 7.11 Å². The van der Waals surface area contributed by atoms with E-state index in [1.54, 1.807) is 7.11 Å². The number of benzene rings is 3. The first-order chi connectivity index (χ1) is 9.29. The summed E-state index contributed by atoms with van der Waals surface area (Å²) in [4.78, 5) is 0. The summed E-state index contributed by atoms with van der Waals surface area (Å²) in [5.41, 5.74) is 3.80. The Morgan fingerprint density at radius 2 is 1.42 bits per heavy atom. The van der Waals surface area contributed by atoms with Gasteiger partial charge in [0.25, 0.3) is 0 Å². The highest BCUT2D eigenvalue weighted by Gasteiger charge is 2.04. The summed E-state index contributed by atoms with van der Waals surface area (Å²) in [6.07, 6.45) is 0. The topological polar surface area (TPSA) is 9.23 Å². The molecule has 0 saturated heterocycles. The maximum atomic E-state index is 5.21. The Hall–Kier alpha value is -2.28. The van der Waals surface area contributed by atoms with Gasteiger partial charge in [0.2, 0.25) is 0 Å². The molecule has 0 fully saturated rings. The smallest absolute Gasteiger partial charge is 0.118 e. The lowest BCUT2D eigenvalue weighted by Crippen LogP contribution is -1.85. The van der Waals surface area contributed by atoms with Crippen LogP contribution in [0.4, 0.5) is 0 Å². The van der Waals surface area contributed by atoms with Gasteiger partial charge < -0.3 is 4.74 Å². The van der Waals surface area contributed by atoms with Crippen LogP contribution in [0.15, 0.2) is 60.7 Å². The Morgan fingerprint density at radius 1 is 0.737 bits per heavy atom. The van der Waals surface area contributed by atoms with E-state index < -0.39 is 0 Å². The molecular formula is C18H16O. The highest BCUT2D eigenvalue weighted by Crippen LogP contribution is 2.31. The fraction of sp³-hybridized carbons (Fsp3) is 0.111. The van der Waals surface area contributed by atoms with Crippen LogP contribution in [0.5, 0.6) is 5.75 Å². The molecule has 0 aromatic heterocycles. The molecule has 3 aromatic carbocycles. The van der Waals surface area contributed by atoms with Gasteiger partial charge in [-0.25, -0.2) is 0 Å². The van der Waals surface area contributed by atoms with Crippen molar-refractivity contribution in [3.05, 3.63) is 66.2 Å². The van der Waals surface area contributed by atoms with E-state index in [1.165, 1.54) is 27.5 Å². The highest BCUT2D eigenvalue weighted by atomic mass is 16.5. The zero-order valence-electron chi connectivity index (χ0n) is 11.2. The summed E-state index contributed by atoms with van der Waals surface area (Å²) >= 11 is 0. The Morgan fingerprint density at radius 3 is 2.16 bits per heavy atom. The minimum atomic E-state index is 0.889. The van der Waals surface area contributed by atoms with Crippen molar-refractivity contribution in [2.45, 2.75) is 6.92 Å². The average molecular weight is 248 g/mol. The molecule has 0 aliphatic rings. The van der Waals surface area contributed by atoms with Crippen molar-refractivity contribution < 1.29 is 4.74 Å². The van der Waals surface area contributed by atoms with Crippen molar-refractivity contribution in [2.75, 3.05) is 7.11 Å². The van der Waals surface area contributed by atoms with Gasteiger partial charge in [0, 0.05) is 0 Å². The van der Waals surface area contributed by atoms with Gasteiger partial charge in [-0.05, 0) is 46.5 Å². The Balaban J connectivity index is 2.21. The Bertz CT molecular complexity index is 711. The van der Waals surface area contributed by atoms with E-state index in [0.29, 0.717) is 0 Å². The first-order valence-electron chi connectivity index (χ1n) is 6.42. The van der Waals surface area contributed by atoms with E-state index in [1.807, 2.05) is 12.1 Å². The number of fused-ring (bicyclic) bond motifs is 1. The predicted molar refractivity (Wildman–Crippen MR) is 80.7 cm³/mol. The van der Waals surface area contributed by atoms with Gasteiger partial charge in [-0.15, -0.1) is 0 Å². The van der Waals surface area contributed by atoms with Crippen molar-refractivity contribution in [3.63, 3.8) is 0 Å². The van der Waals surface area contributed by atoms with E-state index >= 15 is 0 Å². The van der Waals surface area contributed by atoms with E-state index in [2.05, 4.69) is 55.5 Å². The number of hydrogen-bond donors (Lipinski definition) is 0. The van der Waals surface area contributed by atoms with Gasteiger partial charge in [0.05, 0.1) is 7.11 Å². The largest absolute Gasteiger partial charge is 0.497 e. The van der Waals surface area contributed by atoms with Crippen molar-refractivity contribution >= 4 is 10.8 Å². The van der Waals surface area contributed by atoms with Crippen molar-refractivity contribution in [2.24, 2.45) is 0 Å². The molecule has 0 aliphatic carbocycles. The molecular weight excluding hydrogens is 232 g/mol. The molecule has 94 valence electrons. The average Bonchev–Trinajstić information content (AvgIpc) is 2.47. The number of rotatable bonds is 2. The standard InChI is InChI=1S/C18H16O/c1-13-5-3-8-18-16(13)6-4-7-17(18)14-9-11-15(19-2)12-10-14/h3-12H,1-2H3. The lowest BCUT2D eigenvalue weighted by atomic mass is 9.96. The number of aryl methyl sites for hydroxylation is 1. The maximum Gasteiger partial charge on any atom is 0.118 e. The van der Waals surface area contributed by atoms with Crippen LogP contribution in [0, 0.1) is 6.92 Å². The SMILES string of the molecule is COc1ccc(-c2cccc3c(C)cccc23)cc1. The monoisotopic (exact) mass is 248 g/mol. The number of ether oxygens (including phenoxy) is 1. The molecule has 0 spiro atoms. The Labute approximate surface area is 113 Å². The normalized spacial score (nSPS) is 10.6. The summed E-state index contributed by atoms with van der Waals surface area (Å²) in [6, 6.07) is 21.1. The van der Waals surface area contributed by atoms with Crippen molar-refractivity contribution in [1.29, 1.82) is 0 Å². The minimum Gasteiger partial charge on any atom is -0.497 e. The van der Waals surface area contributed by atoms with Crippen LogP contribution in [0.1, 0.15) is 5.56 Å². The summed E-state index contributed by atoms with van der Waals surface area (Å²) in [5.74, 6) is 0.889. The zero-order valence-corrected chi connectivity index (χ0v) is 11.2. The van der Waals surface area contributed by atoms with E-state index in [9.17, 15) is 0 Å². The van der Waals surface area contributed by atoms with Gasteiger partial charge in [-0.3, -0.25) is 0 Å².